The summed E-state index contributed by atoms with van der Waals surface area (Å²) >= 11 is 0. The van der Waals surface area contributed by atoms with Crippen LogP contribution in [0.25, 0.3) is 5.57 Å². The van der Waals surface area contributed by atoms with Crippen molar-refractivity contribution >= 4 is 34.3 Å². The summed E-state index contributed by atoms with van der Waals surface area (Å²) in [6.07, 6.45) is 21.6. The van der Waals surface area contributed by atoms with E-state index >= 15 is 0 Å². The lowest BCUT2D eigenvalue weighted by molar-refractivity contribution is 0.100. The summed E-state index contributed by atoms with van der Waals surface area (Å²) < 4.78 is 0. The Morgan fingerprint density at radius 3 is 1.64 bits per heavy atom. The minimum atomic E-state index is -0.452. The number of carbonyl (C=O) groups excluding carboxylic acids is 1. The molecule has 0 aliphatic carbocycles. The van der Waals surface area contributed by atoms with Crippen LogP contribution < -0.4 is 5.73 Å². The van der Waals surface area contributed by atoms with Gasteiger partial charge in [0.2, 0.25) is 5.91 Å². The predicted molar refractivity (Wildman–Crippen MR) is 132 cm³/mol. The maximum atomic E-state index is 11.5. The van der Waals surface area contributed by atoms with E-state index in [1.54, 1.807) is 12.1 Å². The standard InChI is InChI=1S/C27H17N5O/c28-27(33)17-3-1-16(2-4-17)25-14-24-13-22-8-7-20(30-22)11-18-5-6-19(29-18)12-21-9-10-23(31-21)15-26(25)32-24/h1-15H,(H2,28,33). The summed E-state index contributed by atoms with van der Waals surface area (Å²) in [6.45, 7) is 0. The van der Waals surface area contributed by atoms with Crippen LogP contribution in [-0.2, 0) is 0 Å². The molecule has 1 aromatic rings. The molecule has 0 saturated heterocycles. The van der Waals surface area contributed by atoms with Gasteiger partial charge in [0.1, 0.15) is 0 Å². The highest BCUT2D eigenvalue weighted by Gasteiger charge is 2.18. The van der Waals surface area contributed by atoms with Gasteiger partial charge in [-0.05, 0) is 84.5 Å². The SMILES string of the molecule is NC(=O)c1ccc(C2=CC3=NC2=CC2=NC(=CC4=NC(=CC5=NC(=C3)C=C5)C=C4)C=C2)cc1. The van der Waals surface area contributed by atoms with Gasteiger partial charge in [-0.2, -0.15) is 0 Å². The highest BCUT2D eigenvalue weighted by Crippen LogP contribution is 2.31. The molecule has 0 spiro atoms. The lowest BCUT2D eigenvalue weighted by atomic mass is 10.0. The van der Waals surface area contributed by atoms with Gasteiger partial charge in [0, 0.05) is 11.1 Å². The third-order valence-electron chi connectivity index (χ3n) is 5.52. The van der Waals surface area contributed by atoms with Crippen molar-refractivity contribution in [2.45, 2.75) is 0 Å². The van der Waals surface area contributed by atoms with Crippen LogP contribution in [0.1, 0.15) is 15.9 Å². The number of amides is 1. The Hall–Kier alpha value is -4.71. The number of allylic oxidation sites excluding steroid dienone is 12. The first-order chi connectivity index (χ1) is 16.1. The molecule has 0 atom stereocenters. The van der Waals surface area contributed by atoms with Gasteiger partial charge in [-0.25, -0.2) is 20.0 Å². The van der Waals surface area contributed by atoms with Gasteiger partial charge >= 0.3 is 0 Å². The average Bonchev–Trinajstić information content (AvgIpc) is 3.59. The third kappa shape index (κ3) is 3.74. The molecule has 1 aromatic carbocycles. The van der Waals surface area contributed by atoms with Crippen LogP contribution in [-0.4, -0.2) is 28.8 Å². The fourth-order valence-corrected chi connectivity index (χ4v) is 3.94. The highest BCUT2D eigenvalue weighted by atomic mass is 16.1. The molecule has 1 amide bonds. The van der Waals surface area contributed by atoms with Crippen LogP contribution in [0.4, 0.5) is 0 Å². The van der Waals surface area contributed by atoms with Crippen molar-refractivity contribution in [2.24, 2.45) is 25.7 Å². The average molecular weight is 427 g/mol. The number of nitrogens with zero attached hydrogens (tertiary/aromatic N) is 4. The summed E-state index contributed by atoms with van der Waals surface area (Å²) in [5.41, 5.74) is 14.3. The van der Waals surface area contributed by atoms with Gasteiger partial charge < -0.3 is 5.73 Å². The van der Waals surface area contributed by atoms with Gasteiger partial charge in [-0.15, -0.1) is 0 Å². The molecule has 8 bridgehead atoms. The lowest BCUT2D eigenvalue weighted by Gasteiger charge is -2.05. The van der Waals surface area contributed by atoms with Crippen LogP contribution in [0, 0.1) is 0 Å². The zero-order chi connectivity index (χ0) is 22.4. The van der Waals surface area contributed by atoms with Crippen molar-refractivity contribution in [3.63, 3.8) is 0 Å². The van der Waals surface area contributed by atoms with Crippen molar-refractivity contribution in [3.05, 3.63) is 125 Å². The highest BCUT2D eigenvalue weighted by molar-refractivity contribution is 6.19. The number of hydrogen-bond donors (Lipinski definition) is 1. The van der Waals surface area contributed by atoms with E-state index < -0.39 is 5.91 Å². The van der Waals surface area contributed by atoms with Crippen molar-refractivity contribution in [1.29, 1.82) is 0 Å². The number of primary amides is 1. The zero-order valence-electron chi connectivity index (χ0n) is 17.4. The molecule has 33 heavy (non-hydrogen) atoms. The largest absolute Gasteiger partial charge is 0.366 e. The molecular formula is C27H17N5O. The van der Waals surface area contributed by atoms with Gasteiger partial charge in [-0.1, -0.05) is 12.1 Å². The van der Waals surface area contributed by atoms with Crippen molar-refractivity contribution in [1.82, 2.24) is 0 Å². The van der Waals surface area contributed by atoms with E-state index in [1.165, 1.54) is 0 Å². The van der Waals surface area contributed by atoms with Gasteiger partial charge in [0.25, 0.3) is 0 Å². The number of benzene rings is 1. The molecular weight excluding hydrogens is 410 g/mol. The maximum absolute atomic E-state index is 11.5. The Balaban J connectivity index is 1.47. The van der Waals surface area contributed by atoms with Gasteiger partial charge in [-0.3, -0.25) is 4.79 Å². The van der Waals surface area contributed by atoms with Gasteiger partial charge in [0.15, 0.2) is 0 Å². The molecule has 0 radical (unpaired) electrons. The zero-order valence-corrected chi connectivity index (χ0v) is 17.4. The first kappa shape index (κ1) is 19.0. The number of aliphatic imine (C=N–C) groups is 4. The molecule has 6 rings (SSSR count). The molecule has 2 N–H and O–H groups in total. The molecule has 6 heteroatoms. The van der Waals surface area contributed by atoms with Crippen LogP contribution >= 0.6 is 0 Å². The smallest absolute Gasteiger partial charge is 0.248 e. The monoisotopic (exact) mass is 427 g/mol. The van der Waals surface area contributed by atoms with Crippen molar-refractivity contribution in [3.8, 4) is 0 Å². The van der Waals surface area contributed by atoms with Crippen molar-refractivity contribution in [2.75, 3.05) is 0 Å². The fourth-order valence-electron chi connectivity index (χ4n) is 3.94. The van der Waals surface area contributed by atoms with Crippen LogP contribution in [0.5, 0.6) is 0 Å². The summed E-state index contributed by atoms with van der Waals surface area (Å²) in [6, 6.07) is 7.21. The first-order valence-electron chi connectivity index (χ1n) is 10.5. The second-order valence-corrected chi connectivity index (χ2v) is 7.88. The summed E-state index contributed by atoms with van der Waals surface area (Å²) in [7, 11) is 0. The Labute approximate surface area is 190 Å². The predicted octanol–water partition coefficient (Wildman–Crippen LogP) is 4.21. The molecule has 5 heterocycles. The fraction of sp³-hybridized carbons (Fsp3) is 0. The van der Waals surface area contributed by atoms with Crippen molar-refractivity contribution < 1.29 is 4.79 Å². The molecule has 0 aromatic heterocycles. The Bertz CT molecular complexity index is 1490. The first-order valence-corrected chi connectivity index (χ1v) is 10.5. The molecule has 156 valence electrons. The second-order valence-electron chi connectivity index (χ2n) is 7.88. The van der Waals surface area contributed by atoms with E-state index in [9.17, 15) is 4.79 Å². The normalized spacial score (nSPS) is 19.8. The lowest BCUT2D eigenvalue weighted by Crippen LogP contribution is -2.10. The number of hydrogen-bond acceptors (Lipinski definition) is 5. The third-order valence-corrected chi connectivity index (χ3v) is 5.52. The number of rotatable bonds is 2. The van der Waals surface area contributed by atoms with E-state index in [-0.39, 0.29) is 0 Å². The molecule has 0 saturated carbocycles. The van der Waals surface area contributed by atoms with Crippen LogP contribution in [0.15, 0.2) is 134 Å². The molecule has 5 aliphatic rings. The maximum Gasteiger partial charge on any atom is 0.248 e. The quantitative estimate of drug-likeness (QED) is 0.752. The van der Waals surface area contributed by atoms with E-state index in [1.807, 2.05) is 79.0 Å². The molecule has 5 aliphatic heterocycles. The van der Waals surface area contributed by atoms with E-state index in [2.05, 4.69) is 9.98 Å². The Kier molecular flexibility index (Phi) is 4.30. The molecule has 0 fully saturated rings. The number of carbonyl (C=O) groups is 1. The minimum Gasteiger partial charge on any atom is -0.366 e. The van der Waals surface area contributed by atoms with Crippen LogP contribution in [0.2, 0.25) is 0 Å². The van der Waals surface area contributed by atoms with E-state index in [0.29, 0.717) is 5.56 Å². The number of fused-ring (bicyclic) bond motifs is 4. The Morgan fingerprint density at radius 2 is 1.09 bits per heavy atom. The van der Waals surface area contributed by atoms with E-state index in [4.69, 9.17) is 15.7 Å². The Morgan fingerprint density at radius 1 is 0.576 bits per heavy atom. The van der Waals surface area contributed by atoms with Crippen LogP contribution in [0.3, 0.4) is 0 Å². The molecule has 0 unspecified atom stereocenters. The topological polar surface area (TPSA) is 92.5 Å². The van der Waals surface area contributed by atoms with Gasteiger partial charge in [0.05, 0.1) is 45.6 Å². The number of nitrogens with two attached hydrogens (primary N) is 1. The van der Waals surface area contributed by atoms with E-state index in [0.717, 1.165) is 56.8 Å². The summed E-state index contributed by atoms with van der Waals surface area (Å²) in [5, 5.41) is 0. The summed E-state index contributed by atoms with van der Waals surface area (Å²) in [4.78, 5) is 30.3. The second kappa shape index (κ2) is 7.46. The summed E-state index contributed by atoms with van der Waals surface area (Å²) in [5.74, 6) is -0.452. The minimum absolute atomic E-state index is 0.452. The molecule has 6 nitrogen and oxygen atoms in total.